The normalized spacial score (nSPS) is 14.4. The van der Waals surface area contributed by atoms with E-state index in [0.717, 1.165) is 12.7 Å². The summed E-state index contributed by atoms with van der Waals surface area (Å²) in [6.45, 7) is 1.91. The second-order valence-electron chi connectivity index (χ2n) is 3.35. The van der Waals surface area contributed by atoms with E-state index in [-0.39, 0.29) is 12.3 Å². The summed E-state index contributed by atoms with van der Waals surface area (Å²) in [6.07, 6.45) is 2.99. The lowest BCUT2D eigenvalue weighted by atomic mass is 9.89. The van der Waals surface area contributed by atoms with Gasteiger partial charge in [0.05, 0.1) is 5.92 Å². The van der Waals surface area contributed by atoms with Crippen LogP contribution in [0.2, 0.25) is 0 Å². The first kappa shape index (κ1) is 12.8. The monoisotopic (exact) mass is 200 g/mol. The molecule has 0 rings (SSSR count). The topological polar surface area (TPSA) is 71.4 Å². The van der Waals surface area contributed by atoms with Crippen LogP contribution < -0.4 is 0 Å². The summed E-state index contributed by atoms with van der Waals surface area (Å²) in [5.41, 5.74) is 0. The molecule has 0 aromatic heterocycles. The van der Waals surface area contributed by atoms with Gasteiger partial charge >= 0.3 is 5.97 Å². The van der Waals surface area contributed by atoms with Gasteiger partial charge in [-0.25, -0.2) is 0 Å². The van der Waals surface area contributed by atoms with Gasteiger partial charge in [-0.05, 0) is 12.3 Å². The molecular formula is C10H16O4. The maximum atomic E-state index is 10.7. The van der Waals surface area contributed by atoms with Crippen LogP contribution in [0.4, 0.5) is 0 Å². The summed E-state index contributed by atoms with van der Waals surface area (Å²) in [5.74, 6) is -1.52. The first-order valence-corrected chi connectivity index (χ1v) is 4.75. The van der Waals surface area contributed by atoms with Crippen molar-refractivity contribution in [1.82, 2.24) is 0 Å². The van der Waals surface area contributed by atoms with Crippen molar-refractivity contribution in [2.24, 2.45) is 11.8 Å². The first-order valence-electron chi connectivity index (χ1n) is 4.75. The van der Waals surface area contributed by atoms with Gasteiger partial charge in [-0.15, -0.1) is 0 Å². The van der Waals surface area contributed by atoms with E-state index in [9.17, 15) is 14.4 Å². The minimum absolute atomic E-state index is 0.0324. The van der Waals surface area contributed by atoms with Crippen LogP contribution >= 0.6 is 0 Å². The van der Waals surface area contributed by atoms with E-state index in [1.54, 1.807) is 0 Å². The maximum Gasteiger partial charge on any atom is 0.306 e. The summed E-state index contributed by atoms with van der Waals surface area (Å²) in [7, 11) is 0. The Kier molecular flexibility index (Phi) is 6.62. The molecule has 0 spiro atoms. The predicted molar refractivity (Wildman–Crippen MR) is 50.9 cm³/mol. The average Bonchev–Trinajstić information content (AvgIpc) is 2.15. The SMILES string of the molecule is CCC(CC=O)CC(CC=O)C(=O)O. The molecule has 0 fully saturated rings. The minimum atomic E-state index is -0.957. The molecule has 0 radical (unpaired) electrons. The Bertz CT molecular complexity index is 200. The summed E-state index contributed by atoms with van der Waals surface area (Å²) in [5, 5.41) is 8.77. The van der Waals surface area contributed by atoms with E-state index < -0.39 is 11.9 Å². The molecule has 0 heterocycles. The van der Waals surface area contributed by atoms with Crippen molar-refractivity contribution in [2.75, 3.05) is 0 Å². The molecule has 0 saturated carbocycles. The van der Waals surface area contributed by atoms with Crippen LogP contribution in [0.1, 0.15) is 32.6 Å². The Morgan fingerprint density at radius 2 is 1.86 bits per heavy atom. The lowest BCUT2D eigenvalue weighted by Gasteiger charge is -2.15. The van der Waals surface area contributed by atoms with Crippen LogP contribution in [0, 0.1) is 11.8 Å². The number of hydrogen-bond acceptors (Lipinski definition) is 3. The van der Waals surface area contributed by atoms with Crippen molar-refractivity contribution in [3.63, 3.8) is 0 Å². The molecule has 0 bridgehead atoms. The smallest absolute Gasteiger partial charge is 0.306 e. The number of hydrogen-bond donors (Lipinski definition) is 1. The van der Waals surface area contributed by atoms with E-state index >= 15 is 0 Å². The van der Waals surface area contributed by atoms with Gasteiger partial charge in [-0.2, -0.15) is 0 Å². The third kappa shape index (κ3) is 4.74. The third-order valence-corrected chi connectivity index (χ3v) is 2.35. The van der Waals surface area contributed by atoms with Gasteiger partial charge in [0.15, 0.2) is 0 Å². The van der Waals surface area contributed by atoms with Gasteiger partial charge in [-0.1, -0.05) is 13.3 Å². The zero-order chi connectivity index (χ0) is 11.0. The van der Waals surface area contributed by atoms with Crippen molar-refractivity contribution >= 4 is 18.5 Å². The molecule has 2 unspecified atom stereocenters. The van der Waals surface area contributed by atoms with Crippen LogP contribution in [0.15, 0.2) is 0 Å². The number of rotatable bonds is 8. The second-order valence-corrected chi connectivity index (χ2v) is 3.35. The number of carbonyl (C=O) groups is 3. The average molecular weight is 200 g/mol. The van der Waals surface area contributed by atoms with Gasteiger partial charge in [0.25, 0.3) is 0 Å². The third-order valence-electron chi connectivity index (χ3n) is 2.35. The van der Waals surface area contributed by atoms with Crippen LogP contribution in [0.25, 0.3) is 0 Å². The highest BCUT2D eigenvalue weighted by atomic mass is 16.4. The number of carbonyl (C=O) groups excluding carboxylic acids is 2. The van der Waals surface area contributed by atoms with Gasteiger partial charge in [-0.3, -0.25) is 4.79 Å². The Labute approximate surface area is 83.3 Å². The molecule has 1 N–H and O–H groups in total. The van der Waals surface area contributed by atoms with Crippen molar-refractivity contribution in [3.05, 3.63) is 0 Å². The van der Waals surface area contributed by atoms with Crippen LogP contribution in [0.5, 0.6) is 0 Å². The highest BCUT2D eigenvalue weighted by Crippen LogP contribution is 2.20. The fraction of sp³-hybridized carbons (Fsp3) is 0.700. The molecule has 4 nitrogen and oxygen atoms in total. The van der Waals surface area contributed by atoms with Crippen molar-refractivity contribution in [1.29, 1.82) is 0 Å². The van der Waals surface area contributed by atoms with Crippen LogP contribution in [0.3, 0.4) is 0 Å². The highest BCUT2D eigenvalue weighted by Gasteiger charge is 2.20. The second kappa shape index (κ2) is 7.24. The van der Waals surface area contributed by atoms with E-state index in [1.165, 1.54) is 0 Å². The highest BCUT2D eigenvalue weighted by molar-refractivity contribution is 5.73. The standard InChI is InChI=1S/C10H16O4/c1-2-8(3-5-11)7-9(4-6-12)10(13)14/h5-6,8-9H,2-4,7H2,1H3,(H,13,14). The molecule has 0 aliphatic rings. The molecule has 0 aromatic rings. The molecule has 14 heavy (non-hydrogen) atoms. The van der Waals surface area contributed by atoms with E-state index in [2.05, 4.69) is 0 Å². The lowest BCUT2D eigenvalue weighted by Crippen LogP contribution is -2.18. The summed E-state index contributed by atoms with van der Waals surface area (Å²) >= 11 is 0. The van der Waals surface area contributed by atoms with Crippen molar-refractivity contribution < 1.29 is 19.5 Å². The Morgan fingerprint density at radius 1 is 1.29 bits per heavy atom. The zero-order valence-electron chi connectivity index (χ0n) is 8.31. The van der Waals surface area contributed by atoms with Gasteiger partial charge < -0.3 is 14.7 Å². The van der Waals surface area contributed by atoms with E-state index in [4.69, 9.17) is 5.11 Å². The number of carboxylic acid groups (broad SMARTS) is 1. The minimum Gasteiger partial charge on any atom is -0.481 e. The first-order chi connectivity index (χ1) is 6.65. The predicted octanol–water partition coefficient (Wildman–Crippen LogP) is 1.28. The lowest BCUT2D eigenvalue weighted by molar-refractivity contribution is -0.143. The molecule has 0 saturated heterocycles. The Morgan fingerprint density at radius 3 is 2.21 bits per heavy atom. The zero-order valence-corrected chi connectivity index (χ0v) is 8.31. The van der Waals surface area contributed by atoms with Gasteiger partial charge in [0, 0.05) is 12.8 Å². The maximum absolute atomic E-state index is 10.7. The molecule has 4 heteroatoms. The molecule has 0 aromatic carbocycles. The Balaban J connectivity index is 4.16. The fourth-order valence-corrected chi connectivity index (χ4v) is 1.38. The number of aldehydes is 2. The molecule has 0 amide bonds. The molecule has 2 atom stereocenters. The molecule has 80 valence electrons. The fourth-order valence-electron chi connectivity index (χ4n) is 1.38. The van der Waals surface area contributed by atoms with E-state index in [0.29, 0.717) is 19.1 Å². The number of carboxylic acids is 1. The van der Waals surface area contributed by atoms with Crippen LogP contribution in [-0.2, 0) is 14.4 Å². The number of aliphatic carboxylic acids is 1. The quantitative estimate of drug-likeness (QED) is 0.599. The van der Waals surface area contributed by atoms with Crippen molar-refractivity contribution in [2.45, 2.75) is 32.6 Å². The van der Waals surface area contributed by atoms with Crippen molar-refractivity contribution in [3.8, 4) is 0 Å². The van der Waals surface area contributed by atoms with E-state index in [1.807, 2.05) is 6.92 Å². The molecular weight excluding hydrogens is 184 g/mol. The summed E-state index contributed by atoms with van der Waals surface area (Å²) in [4.78, 5) is 31.2. The molecule has 0 aliphatic heterocycles. The van der Waals surface area contributed by atoms with Gasteiger partial charge in [0.2, 0.25) is 0 Å². The summed E-state index contributed by atoms with van der Waals surface area (Å²) < 4.78 is 0. The molecule has 0 aliphatic carbocycles. The van der Waals surface area contributed by atoms with Crippen LogP contribution in [-0.4, -0.2) is 23.6 Å². The largest absolute Gasteiger partial charge is 0.481 e. The Hall–Kier alpha value is -1.19. The van der Waals surface area contributed by atoms with Gasteiger partial charge in [0.1, 0.15) is 12.6 Å². The summed E-state index contributed by atoms with van der Waals surface area (Å²) in [6, 6.07) is 0.